The standard InChI is InChI=1S/C32H50O.Na/c1-3-5-7-9-11-13-15-17-23-29-25-19-21-27-31(29)33-32-28-22-20-26-30(32)24-18-16-14-12-10-8-6-4-2;/h19-22,25-28H,3-18,23-24H2,1-2H3;/q;+1. The summed E-state index contributed by atoms with van der Waals surface area (Å²) in [5.41, 5.74) is 2.70. The Morgan fingerprint density at radius 3 is 1.15 bits per heavy atom. The van der Waals surface area contributed by atoms with Gasteiger partial charge in [-0.25, -0.2) is 0 Å². The number of rotatable bonds is 20. The van der Waals surface area contributed by atoms with E-state index in [1.54, 1.807) is 0 Å². The minimum Gasteiger partial charge on any atom is -0.457 e. The van der Waals surface area contributed by atoms with Crippen molar-refractivity contribution in [3.8, 4) is 11.5 Å². The van der Waals surface area contributed by atoms with Gasteiger partial charge in [-0.1, -0.05) is 140 Å². The fourth-order valence-corrected chi connectivity index (χ4v) is 4.64. The molecule has 0 atom stereocenters. The van der Waals surface area contributed by atoms with E-state index in [-0.39, 0.29) is 29.6 Å². The Morgan fingerprint density at radius 1 is 0.441 bits per heavy atom. The fraction of sp³-hybridized carbons (Fsp3) is 0.625. The molecule has 0 heterocycles. The Bertz CT molecular complexity index is 665. The number of para-hydroxylation sites is 2. The SMILES string of the molecule is CCCCCCCCCCc1ccccc1Oc1ccccc1CCCCCCCCCC.[Na+]. The van der Waals surface area contributed by atoms with Crippen LogP contribution in [0.15, 0.2) is 48.5 Å². The smallest absolute Gasteiger partial charge is 0.457 e. The van der Waals surface area contributed by atoms with Crippen LogP contribution in [0.25, 0.3) is 0 Å². The summed E-state index contributed by atoms with van der Waals surface area (Å²) >= 11 is 0. The van der Waals surface area contributed by atoms with Gasteiger partial charge < -0.3 is 4.74 Å². The maximum atomic E-state index is 6.49. The Labute approximate surface area is 233 Å². The van der Waals surface area contributed by atoms with E-state index in [0.717, 1.165) is 24.3 Å². The quantitative estimate of drug-likeness (QED) is 0.140. The van der Waals surface area contributed by atoms with Crippen molar-refractivity contribution in [2.75, 3.05) is 0 Å². The van der Waals surface area contributed by atoms with Gasteiger partial charge in [-0.05, 0) is 48.9 Å². The summed E-state index contributed by atoms with van der Waals surface area (Å²) in [4.78, 5) is 0. The molecule has 0 radical (unpaired) electrons. The third-order valence-electron chi connectivity index (χ3n) is 6.76. The van der Waals surface area contributed by atoms with Crippen molar-refractivity contribution in [1.82, 2.24) is 0 Å². The average molecular weight is 474 g/mol. The number of hydrogen-bond acceptors (Lipinski definition) is 1. The summed E-state index contributed by atoms with van der Waals surface area (Å²) in [6.07, 6.45) is 24.0. The molecule has 0 unspecified atom stereocenters. The normalized spacial score (nSPS) is 10.8. The van der Waals surface area contributed by atoms with Crippen LogP contribution in [0.5, 0.6) is 11.5 Å². The summed E-state index contributed by atoms with van der Waals surface area (Å²) in [5.74, 6) is 2.09. The molecule has 0 saturated heterocycles. The van der Waals surface area contributed by atoms with Gasteiger partial charge in [0.2, 0.25) is 0 Å². The Hall–Kier alpha value is -0.760. The van der Waals surface area contributed by atoms with Gasteiger partial charge in [0, 0.05) is 0 Å². The van der Waals surface area contributed by atoms with Crippen LogP contribution in [0.4, 0.5) is 0 Å². The van der Waals surface area contributed by atoms with Crippen molar-refractivity contribution in [3.05, 3.63) is 59.7 Å². The van der Waals surface area contributed by atoms with E-state index >= 15 is 0 Å². The number of ether oxygens (including phenoxy) is 1. The number of benzene rings is 2. The molecule has 0 bridgehead atoms. The second-order valence-corrected chi connectivity index (χ2v) is 9.77. The molecule has 1 nitrogen and oxygen atoms in total. The van der Waals surface area contributed by atoms with Crippen LogP contribution in [-0.4, -0.2) is 0 Å². The second-order valence-electron chi connectivity index (χ2n) is 9.77. The first-order valence-electron chi connectivity index (χ1n) is 14.2. The van der Waals surface area contributed by atoms with E-state index in [2.05, 4.69) is 62.4 Å². The van der Waals surface area contributed by atoms with E-state index in [9.17, 15) is 0 Å². The van der Waals surface area contributed by atoms with E-state index in [4.69, 9.17) is 4.74 Å². The zero-order valence-corrected chi connectivity index (χ0v) is 24.8. The van der Waals surface area contributed by atoms with Gasteiger partial charge in [0.1, 0.15) is 11.5 Å². The molecule has 2 rings (SSSR count). The maximum Gasteiger partial charge on any atom is 1.00 e. The van der Waals surface area contributed by atoms with Gasteiger partial charge in [0.05, 0.1) is 0 Å². The molecule has 0 aromatic heterocycles. The Kier molecular flexibility index (Phi) is 19.8. The van der Waals surface area contributed by atoms with E-state index in [0.29, 0.717) is 0 Å². The van der Waals surface area contributed by atoms with Crippen LogP contribution >= 0.6 is 0 Å². The molecule has 0 aliphatic heterocycles. The summed E-state index contributed by atoms with van der Waals surface area (Å²) in [6.45, 7) is 4.57. The summed E-state index contributed by atoms with van der Waals surface area (Å²) < 4.78 is 6.49. The van der Waals surface area contributed by atoms with Crippen LogP contribution in [0.3, 0.4) is 0 Å². The number of unbranched alkanes of at least 4 members (excludes halogenated alkanes) is 14. The van der Waals surface area contributed by atoms with Crippen molar-refractivity contribution in [2.24, 2.45) is 0 Å². The molecule has 0 aliphatic rings. The predicted molar refractivity (Wildman–Crippen MR) is 146 cm³/mol. The summed E-state index contributed by atoms with van der Waals surface area (Å²) in [5, 5.41) is 0. The first-order chi connectivity index (χ1) is 16.3. The molecule has 2 aromatic carbocycles. The van der Waals surface area contributed by atoms with Crippen LogP contribution in [0.2, 0.25) is 0 Å². The Balaban J connectivity index is 0.00000578. The Morgan fingerprint density at radius 2 is 0.765 bits per heavy atom. The van der Waals surface area contributed by atoms with Gasteiger partial charge in [-0.3, -0.25) is 0 Å². The third-order valence-corrected chi connectivity index (χ3v) is 6.76. The first-order valence-corrected chi connectivity index (χ1v) is 14.2. The van der Waals surface area contributed by atoms with E-state index < -0.39 is 0 Å². The summed E-state index contributed by atoms with van der Waals surface area (Å²) in [6, 6.07) is 17.3. The van der Waals surface area contributed by atoms with Gasteiger partial charge in [-0.15, -0.1) is 0 Å². The van der Waals surface area contributed by atoms with Gasteiger partial charge >= 0.3 is 29.6 Å². The topological polar surface area (TPSA) is 9.23 Å². The van der Waals surface area contributed by atoms with E-state index in [1.165, 1.54) is 114 Å². The predicted octanol–water partition coefficient (Wildman–Crippen LogP) is 7.85. The minimum atomic E-state index is 0. The molecule has 0 aliphatic carbocycles. The van der Waals surface area contributed by atoms with Crippen molar-refractivity contribution >= 4 is 0 Å². The molecular weight excluding hydrogens is 423 g/mol. The first kappa shape index (κ1) is 31.3. The molecule has 0 fully saturated rings. The third kappa shape index (κ3) is 14.0. The van der Waals surface area contributed by atoms with Gasteiger partial charge in [0.25, 0.3) is 0 Å². The fourth-order valence-electron chi connectivity index (χ4n) is 4.64. The zero-order chi connectivity index (χ0) is 23.4. The van der Waals surface area contributed by atoms with Gasteiger partial charge in [0.15, 0.2) is 0 Å². The zero-order valence-electron chi connectivity index (χ0n) is 22.8. The van der Waals surface area contributed by atoms with Crippen LogP contribution in [0.1, 0.15) is 128 Å². The molecule has 34 heavy (non-hydrogen) atoms. The van der Waals surface area contributed by atoms with Crippen LogP contribution < -0.4 is 34.3 Å². The van der Waals surface area contributed by atoms with Gasteiger partial charge in [-0.2, -0.15) is 0 Å². The molecule has 0 N–H and O–H groups in total. The summed E-state index contributed by atoms with van der Waals surface area (Å²) in [7, 11) is 0. The number of hydrogen-bond donors (Lipinski definition) is 0. The van der Waals surface area contributed by atoms with Crippen LogP contribution in [-0.2, 0) is 12.8 Å². The van der Waals surface area contributed by atoms with Crippen molar-refractivity contribution in [3.63, 3.8) is 0 Å². The van der Waals surface area contributed by atoms with Crippen molar-refractivity contribution in [2.45, 2.75) is 129 Å². The molecule has 184 valence electrons. The number of aryl methyl sites for hydroxylation is 2. The maximum absolute atomic E-state index is 6.49. The molecule has 2 heteroatoms. The molecule has 0 amide bonds. The monoisotopic (exact) mass is 473 g/mol. The van der Waals surface area contributed by atoms with Crippen LogP contribution in [0, 0.1) is 0 Å². The largest absolute Gasteiger partial charge is 1.00 e. The van der Waals surface area contributed by atoms with E-state index in [1.807, 2.05) is 0 Å². The molecule has 0 spiro atoms. The second kappa shape index (κ2) is 21.5. The molecular formula is C32H50NaO+. The van der Waals surface area contributed by atoms with Crippen molar-refractivity contribution in [1.29, 1.82) is 0 Å². The minimum absolute atomic E-state index is 0. The molecule has 2 aromatic rings. The molecule has 0 saturated carbocycles. The van der Waals surface area contributed by atoms with Crippen molar-refractivity contribution < 1.29 is 34.3 Å². The average Bonchev–Trinajstić information content (AvgIpc) is 2.84.